The SMILES string of the molecule is Cc1ncsc1C(=O)N1CCC[C@@H]1c1ncc(Cc2cccc(Cl)c2)o1. The third-order valence-electron chi connectivity index (χ3n) is 4.58. The van der Waals surface area contributed by atoms with Crippen molar-refractivity contribution in [3.8, 4) is 0 Å². The van der Waals surface area contributed by atoms with Crippen LogP contribution in [0.15, 0.2) is 40.4 Å². The van der Waals surface area contributed by atoms with Crippen LogP contribution in [0.4, 0.5) is 0 Å². The topological polar surface area (TPSA) is 59.2 Å². The van der Waals surface area contributed by atoms with Gasteiger partial charge in [0.05, 0.1) is 17.4 Å². The van der Waals surface area contributed by atoms with Crippen molar-refractivity contribution < 1.29 is 9.21 Å². The van der Waals surface area contributed by atoms with Gasteiger partial charge in [-0.15, -0.1) is 11.3 Å². The van der Waals surface area contributed by atoms with Crippen molar-refractivity contribution in [2.75, 3.05) is 6.54 Å². The molecule has 0 bridgehead atoms. The van der Waals surface area contributed by atoms with Crippen LogP contribution in [-0.4, -0.2) is 27.3 Å². The third-order valence-corrected chi connectivity index (χ3v) is 5.73. The number of aromatic nitrogens is 2. The third kappa shape index (κ3) is 3.39. The molecule has 0 saturated carbocycles. The van der Waals surface area contributed by atoms with Gasteiger partial charge in [-0.05, 0) is 37.5 Å². The maximum Gasteiger partial charge on any atom is 0.266 e. The fraction of sp³-hybridized carbons (Fsp3) is 0.316. The van der Waals surface area contributed by atoms with Gasteiger partial charge in [-0.25, -0.2) is 9.97 Å². The lowest BCUT2D eigenvalue weighted by atomic mass is 10.1. The van der Waals surface area contributed by atoms with E-state index in [1.54, 1.807) is 11.7 Å². The van der Waals surface area contributed by atoms with Crippen LogP contribution in [0.5, 0.6) is 0 Å². The summed E-state index contributed by atoms with van der Waals surface area (Å²) >= 11 is 7.43. The van der Waals surface area contributed by atoms with Crippen LogP contribution in [0.2, 0.25) is 5.02 Å². The predicted octanol–water partition coefficient (Wildman–Crippen LogP) is 4.66. The summed E-state index contributed by atoms with van der Waals surface area (Å²) < 4.78 is 5.98. The summed E-state index contributed by atoms with van der Waals surface area (Å²) in [7, 11) is 0. The van der Waals surface area contributed by atoms with E-state index in [-0.39, 0.29) is 11.9 Å². The Balaban J connectivity index is 1.53. The van der Waals surface area contributed by atoms with Gasteiger partial charge in [-0.2, -0.15) is 0 Å². The first-order valence-electron chi connectivity index (χ1n) is 8.52. The highest BCUT2D eigenvalue weighted by atomic mass is 35.5. The van der Waals surface area contributed by atoms with Crippen LogP contribution in [0.25, 0.3) is 0 Å². The molecule has 1 amide bonds. The number of carbonyl (C=O) groups excluding carboxylic acids is 1. The summed E-state index contributed by atoms with van der Waals surface area (Å²) in [6, 6.07) is 7.58. The molecular formula is C19H18ClN3O2S. The quantitative estimate of drug-likeness (QED) is 0.653. The molecule has 134 valence electrons. The summed E-state index contributed by atoms with van der Waals surface area (Å²) in [5, 5.41) is 0.703. The van der Waals surface area contributed by atoms with Crippen LogP contribution < -0.4 is 0 Å². The second kappa shape index (κ2) is 7.21. The average Bonchev–Trinajstić information content (AvgIpc) is 3.34. The zero-order valence-corrected chi connectivity index (χ0v) is 15.9. The second-order valence-electron chi connectivity index (χ2n) is 6.39. The second-order valence-corrected chi connectivity index (χ2v) is 7.69. The number of rotatable bonds is 4. The summed E-state index contributed by atoms with van der Waals surface area (Å²) in [5.41, 5.74) is 3.56. The van der Waals surface area contributed by atoms with Crippen LogP contribution in [-0.2, 0) is 6.42 Å². The van der Waals surface area contributed by atoms with E-state index in [9.17, 15) is 4.79 Å². The first kappa shape index (κ1) is 17.2. The van der Waals surface area contributed by atoms with Gasteiger partial charge in [-0.3, -0.25) is 4.79 Å². The molecule has 3 aromatic rings. The van der Waals surface area contributed by atoms with E-state index in [4.69, 9.17) is 16.0 Å². The van der Waals surface area contributed by atoms with Crippen molar-refractivity contribution in [3.05, 3.63) is 68.8 Å². The van der Waals surface area contributed by atoms with Gasteiger partial charge in [0.15, 0.2) is 0 Å². The lowest BCUT2D eigenvalue weighted by molar-refractivity contribution is 0.0718. The molecular weight excluding hydrogens is 370 g/mol. The number of halogens is 1. The van der Waals surface area contributed by atoms with Crippen molar-refractivity contribution in [1.29, 1.82) is 0 Å². The Hall–Kier alpha value is -2.18. The molecule has 0 spiro atoms. The summed E-state index contributed by atoms with van der Waals surface area (Å²) in [6.07, 6.45) is 4.18. The minimum absolute atomic E-state index is 0.0158. The molecule has 1 aliphatic heterocycles. The van der Waals surface area contributed by atoms with E-state index in [1.807, 2.05) is 36.1 Å². The molecule has 1 fully saturated rings. The first-order chi connectivity index (χ1) is 12.6. The Kier molecular flexibility index (Phi) is 4.78. The normalized spacial score (nSPS) is 17.0. The largest absolute Gasteiger partial charge is 0.443 e. The maximum absolute atomic E-state index is 12.9. The van der Waals surface area contributed by atoms with Crippen molar-refractivity contribution >= 4 is 28.8 Å². The molecule has 1 aromatic carbocycles. The highest BCUT2D eigenvalue weighted by Gasteiger charge is 2.35. The minimum atomic E-state index is -0.114. The van der Waals surface area contributed by atoms with E-state index in [2.05, 4.69) is 9.97 Å². The molecule has 1 atom stereocenters. The summed E-state index contributed by atoms with van der Waals surface area (Å²) in [6.45, 7) is 2.58. The molecule has 0 radical (unpaired) electrons. The van der Waals surface area contributed by atoms with Crippen LogP contribution in [0, 0.1) is 6.92 Å². The van der Waals surface area contributed by atoms with Gasteiger partial charge < -0.3 is 9.32 Å². The van der Waals surface area contributed by atoms with Gasteiger partial charge in [-0.1, -0.05) is 23.7 Å². The van der Waals surface area contributed by atoms with E-state index >= 15 is 0 Å². The van der Waals surface area contributed by atoms with Gasteiger partial charge in [0.2, 0.25) is 5.89 Å². The molecule has 3 heterocycles. The number of amides is 1. The number of thiazole rings is 1. The number of hydrogen-bond acceptors (Lipinski definition) is 5. The highest BCUT2D eigenvalue weighted by Crippen LogP contribution is 2.34. The summed E-state index contributed by atoms with van der Waals surface area (Å²) in [4.78, 5) is 24.0. The molecule has 26 heavy (non-hydrogen) atoms. The molecule has 2 aromatic heterocycles. The number of benzene rings is 1. The molecule has 0 unspecified atom stereocenters. The molecule has 0 N–H and O–H groups in total. The minimum Gasteiger partial charge on any atom is -0.443 e. The first-order valence-corrected chi connectivity index (χ1v) is 9.77. The Labute approximate surface area is 160 Å². The molecule has 4 rings (SSSR count). The Morgan fingerprint density at radius 2 is 2.31 bits per heavy atom. The van der Waals surface area contributed by atoms with E-state index < -0.39 is 0 Å². The Morgan fingerprint density at radius 1 is 1.42 bits per heavy atom. The van der Waals surface area contributed by atoms with Crippen molar-refractivity contribution in [2.45, 2.75) is 32.2 Å². The Bertz CT molecular complexity index is 936. The van der Waals surface area contributed by atoms with Crippen LogP contribution in [0.3, 0.4) is 0 Å². The molecule has 5 nitrogen and oxygen atoms in total. The average molecular weight is 388 g/mol. The van der Waals surface area contributed by atoms with Gasteiger partial charge >= 0.3 is 0 Å². The number of nitrogens with zero attached hydrogens (tertiary/aromatic N) is 3. The van der Waals surface area contributed by atoms with Crippen molar-refractivity contribution in [2.24, 2.45) is 0 Å². The molecule has 7 heteroatoms. The van der Waals surface area contributed by atoms with E-state index in [0.29, 0.717) is 28.8 Å². The smallest absolute Gasteiger partial charge is 0.266 e. The molecule has 1 saturated heterocycles. The van der Waals surface area contributed by atoms with Crippen LogP contribution >= 0.6 is 22.9 Å². The number of carbonyl (C=O) groups is 1. The molecule has 0 aliphatic carbocycles. The number of hydrogen-bond donors (Lipinski definition) is 0. The summed E-state index contributed by atoms with van der Waals surface area (Å²) in [5.74, 6) is 1.40. The Morgan fingerprint density at radius 3 is 3.08 bits per heavy atom. The fourth-order valence-electron chi connectivity index (χ4n) is 3.31. The van der Waals surface area contributed by atoms with Crippen LogP contribution in [0.1, 0.15) is 51.5 Å². The van der Waals surface area contributed by atoms with E-state index in [1.165, 1.54) is 11.3 Å². The fourth-order valence-corrected chi connectivity index (χ4v) is 4.28. The lowest BCUT2D eigenvalue weighted by Crippen LogP contribution is -2.30. The maximum atomic E-state index is 12.9. The van der Waals surface area contributed by atoms with Crippen molar-refractivity contribution in [1.82, 2.24) is 14.9 Å². The zero-order valence-electron chi connectivity index (χ0n) is 14.3. The standard InChI is InChI=1S/C19H18ClN3O2S/c1-12-17(26-11-22-12)19(24)23-7-3-6-16(23)18-21-10-15(25-18)9-13-4-2-5-14(20)8-13/h2,4-5,8,10-11,16H,3,6-7,9H2,1H3/t16-/m1/s1. The van der Waals surface area contributed by atoms with Gasteiger partial charge in [0.1, 0.15) is 16.7 Å². The zero-order chi connectivity index (χ0) is 18.1. The monoisotopic (exact) mass is 387 g/mol. The number of likely N-dealkylation sites (tertiary alicyclic amines) is 1. The van der Waals surface area contributed by atoms with E-state index in [0.717, 1.165) is 29.9 Å². The predicted molar refractivity (Wildman–Crippen MR) is 101 cm³/mol. The van der Waals surface area contributed by atoms with Gasteiger partial charge in [0, 0.05) is 18.0 Å². The van der Waals surface area contributed by atoms with Gasteiger partial charge in [0.25, 0.3) is 5.91 Å². The number of oxazole rings is 1. The highest BCUT2D eigenvalue weighted by molar-refractivity contribution is 7.11. The lowest BCUT2D eigenvalue weighted by Gasteiger charge is -2.21. The van der Waals surface area contributed by atoms with Crippen molar-refractivity contribution in [3.63, 3.8) is 0 Å². The molecule has 1 aliphatic rings. The number of aryl methyl sites for hydroxylation is 1.